The van der Waals surface area contributed by atoms with Crippen molar-refractivity contribution in [3.05, 3.63) is 29.8 Å². The topological polar surface area (TPSA) is 41.6 Å². The van der Waals surface area contributed by atoms with Gasteiger partial charge in [0.25, 0.3) is 0 Å². The van der Waals surface area contributed by atoms with E-state index in [1.807, 2.05) is 26.2 Å². The molecule has 4 heteroatoms. The number of nitrogens with one attached hydrogen (secondary N) is 1. The van der Waals surface area contributed by atoms with Crippen molar-refractivity contribution < 1.29 is 9.53 Å². The lowest BCUT2D eigenvalue weighted by Gasteiger charge is -2.19. The Hall–Kier alpha value is -1.55. The van der Waals surface area contributed by atoms with Crippen LogP contribution in [0.3, 0.4) is 0 Å². The predicted octanol–water partition coefficient (Wildman–Crippen LogP) is 3.21. The lowest BCUT2D eigenvalue weighted by atomic mass is 9.87. The van der Waals surface area contributed by atoms with Crippen molar-refractivity contribution in [2.75, 3.05) is 33.8 Å². The number of benzene rings is 1. The molecule has 0 fully saturated rings. The smallest absolute Gasteiger partial charge is 0.220 e. The zero-order valence-electron chi connectivity index (χ0n) is 15.3. The summed E-state index contributed by atoms with van der Waals surface area (Å²) in [5, 5.41) is 2.94. The van der Waals surface area contributed by atoms with Gasteiger partial charge in [0.1, 0.15) is 5.75 Å². The molecule has 0 saturated carbocycles. The first-order valence-electron chi connectivity index (χ1n) is 8.44. The highest BCUT2D eigenvalue weighted by molar-refractivity contribution is 5.75. The van der Waals surface area contributed by atoms with Crippen molar-refractivity contribution in [2.24, 2.45) is 0 Å². The van der Waals surface area contributed by atoms with E-state index in [2.05, 4.69) is 43.1 Å². The van der Waals surface area contributed by atoms with Gasteiger partial charge in [-0.3, -0.25) is 4.79 Å². The van der Waals surface area contributed by atoms with Crippen LogP contribution in [0.15, 0.2) is 24.3 Å². The number of nitrogens with zero attached hydrogens (tertiary/aromatic N) is 1. The molecular formula is C19H32N2O2. The zero-order chi connectivity index (χ0) is 17.3. The summed E-state index contributed by atoms with van der Waals surface area (Å²) in [4.78, 5) is 13.8. The van der Waals surface area contributed by atoms with E-state index in [1.54, 1.807) is 0 Å². The van der Waals surface area contributed by atoms with E-state index in [-0.39, 0.29) is 11.3 Å². The molecule has 23 heavy (non-hydrogen) atoms. The number of rotatable bonds is 9. The van der Waals surface area contributed by atoms with E-state index in [0.29, 0.717) is 13.0 Å². The molecular weight excluding hydrogens is 288 g/mol. The summed E-state index contributed by atoms with van der Waals surface area (Å²) in [6.45, 7) is 8.89. The fourth-order valence-electron chi connectivity index (χ4n) is 2.19. The third-order valence-corrected chi connectivity index (χ3v) is 3.64. The van der Waals surface area contributed by atoms with Crippen molar-refractivity contribution in [3.8, 4) is 5.75 Å². The minimum Gasteiger partial charge on any atom is -0.494 e. The van der Waals surface area contributed by atoms with Gasteiger partial charge in [-0.15, -0.1) is 0 Å². The van der Waals surface area contributed by atoms with E-state index < -0.39 is 0 Å². The van der Waals surface area contributed by atoms with Crippen molar-refractivity contribution in [2.45, 2.75) is 45.4 Å². The second-order valence-corrected chi connectivity index (χ2v) is 7.23. The fraction of sp³-hybridized carbons (Fsp3) is 0.632. The normalized spacial score (nSPS) is 11.6. The largest absolute Gasteiger partial charge is 0.494 e. The Balaban J connectivity index is 2.16. The highest BCUT2D eigenvalue weighted by Crippen LogP contribution is 2.24. The van der Waals surface area contributed by atoms with Gasteiger partial charge in [-0.05, 0) is 56.6 Å². The van der Waals surface area contributed by atoms with Crippen LogP contribution in [0, 0.1) is 0 Å². The van der Waals surface area contributed by atoms with Crippen LogP contribution in [-0.4, -0.2) is 44.6 Å². The molecule has 1 aromatic rings. The number of amides is 1. The third kappa shape index (κ3) is 8.60. The van der Waals surface area contributed by atoms with Gasteiger partial charge >= 0.3 is 0 Å². The van der Waals surface area contributed by atoms with Gasteiger partial charge in [0, 0.05) is 13.0 Å². The van der Waals surface area contributed by atoms with Crippen LogP contribution in [0.4, 0.5) is 0 Å². The maximum Gasteiger partial charge on any atom is 0.220 e. The second kappa shape index (κ2) is 9.56. The number of carbonyl (C=O) groups excluding carboxylic acids is 1. The summed E-state index contributed by atoms with van der Waals surface area (Å²) < 4.78 is 5.69. The van der Waals surface area contributed by atoms with E-state index in [4.69, 9.17) is 4.74 Å². The Morgan fingerprint density at radius 1 is 1.13 bits per heavy atom. The van der Waals surface area contributed by atoms with Gasteiger partial charge in [-0.1, -0.05) is 32.9 Å². The van der Waals surface area contributed by atoms with E-state index in [0.717, 1.165) is 31.7 Å². The third-order valence-electron chi connectivity index (χ3n) is 3.64. The maximum absolute atomic E-state index is 11.7. The van der Waals surface area contributed by atoms with Crippen LogP contribution in [0.25, 0.3) is 0 Å². The molecule has 1 aromatic carbocycles. The summed E-state index contributed by atoms with van der Waals surface area (Å²) in [6.07, 6.45) is 2.23. The highest BCUT2D eigenvalue weighted by atomic mass is 16.5. The summed E-state index contributed by atoms with van der Waals surface area (Å²) in [6, 6.07) is 8.21. The van der Waals surface area contributed by atoms with Crippen LogP contribution in [-0.2, 0) is 10.2 Å². The molecule has 0 spiro atoms. The summed E-state index contributed by atoms with van der Waals surface area (Å²) in [5.41, 5.74) is 1.45. The van der Waals surface area contributed by atoms with Crippen LogP contribution in [0.2, 0.25) is 0 Å². The molecule has 0 aliphatic rings. The van der Waals surface area contributed by atoms with E-state index in [1.165, 1.54) is 5.56 Å². The van der Waals surface area contributed by atoms with Crippen molar-refractivity contribution in [1.82, 2.24) is 10.2 Å². The maximum atomic E-state index is 11.7. The monoisotopic (exact) mass is 320 g/mol. The summed E-state index contributed by atoms with van der Waals surface area (Å²) in [5.74, 6) is 0.972. The number of hydrogen-bond donors (Lipinski definition) is 1. The Bertz CT molecular complexity index is 461. The number of carbonyl (C=O) groups is 1. The van der Waals surface area contributed by atoms with Crippen molar-refractivity contribution in [1.29, 1.82) is 0 Å². The van der Waals surface area contributed by atoms with Crippen molar-refractivity contribution in [3.63, 3.8) is 0 Å². The first-order chi connectivity index (χ1) is 10.8. The lowest BCUT2D eigenvalue weighted by Crippen LogP contribution is -2.27. The molecule has 0 unspecified atom stereocenters. The van der Waals surface area contributed by atoms with Gasteiger partial charge < -0.3 is 15.0 Å². The van der Waals surface area contributed by atoms with Crippen LogP contribution in [0.1, 0.15) is 45.6 Å². The predicted molar refractivity (Wildman–Crippen MR) is 96.1 cm³/mol. The SMILES string of the molecule is CN(C)CCCNC(=O)CCCOc1ccc(C(C)(C)C)cc1. The quantitative estimate of drug-likeness (QED) is 0.710. The van der Waals surface area contributed by atoms with Crippen LogP contribution in [0.5, 0.6) is 5.75 Å². The zero-order valence-corrected chi connectivity index (χ0v) is 15.3. The average molecular weight is 320 g/mol. The van der Waals surface area contributed by atoms with Crippen molar-refractivity contribution >= 4 is 5.91 Å². The van der Waals surface area contributed by atoms with Gasteiger partial charge in [-0.25, -0.2) is 0 Å². The molecule has 130 valence electrons. The van der Waals surface area contributed by atoms with Crippen LogP contribution >= 0.6 is 0 Å². The molecule has 0 aliphatic carbocycles. The molecule has 0 aromatic heterocycles. The lowest BCUT2D eigenvalue weighted by molar-refractivity contribution is -0.121. The molecule has 1 amide bonds. The molecule has 0 atom stereocenters. The Morgan fingerprint density at radius 2 is 1.78 bits per heavy atom. The van der Waals surface area contributed by atoms with E-state index in [9.17, 15) is 4.79 Å². The first kappa shape index (κ1) is 19.5. The molecule has 0 radical (unpaired) electrons. The molecule has 0 bridgehead atoms. The van der Waals surface area contributed by atoms with Gasteiger partial charge in [0.05, 0.1) is 6.61 Å². The fourth-order valence-corrected chi connectivity index (χ4v) is 2.19. The molecule has 1 N–H and O–H groups in total. The number of ether oxygens (including phenoxy) is 1. The summed E-state index contributed by atoms with van der Waals surface area (Å²) in [7, 11) is 4.07. The van der Waals surface area contributed by atoms with Gasteiger partial charge in [0.15, 0.2) is 0 Å². The molecule has 0 aliphatic heterocycles. The highest BCUT2D eigenvalue weighted by Gasteiger charge is 2.12. The number of hydrogen-bond acceptors (Lipinski definition) is 3. The minimum atomic E-state index is 0.107. The standard InChI is InChI=1S/C19H32N2O2/c1-19(2,3)16-9-11-17(12-10-16)23-15-6-8-18(22)20-13-7-14-21(4)5/h9-12H,6-8,13-15H2,1-5H3,(H,20,22). The molecule has 0 heterocycles. The summed E-state index contributed by atoms with van der Waals surface area (Å²) >= 11 is 0. The van der Waals surface area contributed by atoms with Crippen LogP contribution < -0.4 is 10.1 Å². The van der Waals surface area contributed by atoms with Gasteiger partial charge in [0.2, 0.25) is 5.91 Å². The van der Waals surface area contributed by atoms with Gasteiger partial charge in [-0.2, -0.15) is 0 Å². The molecule has 0 saturated heterocycles. The van der Waals surface area contributed by atoms with E-state index >= 15 is 0 Å². The molecule has 1 rings (SSSR count). The Morgan fingerprint density at radius 3 is 2.35 bits per heavy atom. The first-order valence-corrected chi connectivity index (χ1v) is 8.44. The minimum absolute atomic E-state index is 0.107. The Kier molecular flexibility index (Phi) is 8.10. The molecule has 4 nitrogen and oxygen atoms in total. The Labute approximate surface area is 141 Å². The second-order valence-electron chi connectivity index (χ2n) is 7.23. The average Bonchev–Trinajstić information content (AvgIpc) is 2.47.